The number of fused-ring (bicyclic) bond motifs is 2. The molecular formula is C30H37FN6O4Si. The summed E-state index contributed by atoms with van der Waals surface area (Å²) >= 11 is 0. The topological polar surface area (TPSA) is 136 Å². The first-order valence-electron chi connectivity index (χ1n) is 14.1. The van der Waals surface area contributed by atoms with Gasteiger partial charge in [0.05, 0.1) is 17.5 Å². The Labute approximate surface area is 245 Å². The minimum absolute atomic E-state index is 0.0284. The molecular weight excluding hydrogens is 555 g/mol. The Hall–Kier alpha value is -3.87. The van der Waals surface area contributed by atoms with Crippen molar-refractivity contribution in [2.45, 2.75) is 56.7 Å². The molecule has 2 aliphatic rings. The van der Waals surface area contributed by atoms with Crippen molar-refractivity contribution in [2.75, 3.05) is 29.1 Å². The van der Waals surface area contributed by atoms with E-state index in [1.165, 1.54) is 0 Å². The van der Waals surface area contributed by atoms with Crippen molar-refractivity contribution in [3.05, 3.63) is 78.1 Å². The number of aliphatic hydroxyl groups excluding tert-OH is 1. The maximum absolute atomic E-state index is 16.1. The lowest BCUT2D eigenvalue weighted by molar-refractivity contribution is -0.145. The van der Waals surface area contributed by atoms with Crippen molar-refractivity contribution in [3.63, 3.8) is 0 Å². The Balaban J connectivity index is 1.50. The third-order valence-electron chi connectivity index (χ3n) is 8.30. The molecule has 5 rings (SSSR count). The lowest BCUT2D eigenvalue weighted by atomic mass is 9.82. The smallest absolute Gasteiger partial charge is 0.264 e. The second kappa shape index (κ2) is 11.4. The molecule has 4 atom stereocenters. The first-order chi connectivity index (χ1) is 20.0. The second-order valence-electron chi connectivity index (χ2n) is 11.5. The lowest BCUT2D eigenvalue weighted by Crippen LogP contribution is -2.45. The number of nitrogens with two attached hydrogens (primary N) is 1. The van der Waals surface area contributed by atoms with Crippen LogP contribution >= 0.6 is 0 Å². The first-order valence-corrected chi connectivity index (χ1v) is 17.1. The number of benzene rings is 2. The number of halogens is 1. The van der Waals surface area contributed by atoms with Crippen LogP contribution in [-0.2, 0) is 28.1 Å². The molecule has 3 aromatic rings. The first kappa shape index (κ1) is 29.6. The summed E-state index contributed by atoms with van der Waals surface area (Å²) in [6, 6.07) is 11.9. The number of nitrogens with one attached hydrogen (secondary N) is 1. The van der Waals surface area contributed by atoms with Crippen LogP contribution in [0.5, 0.6) is 0 Å². The molecule has 222 valence electrons. The van der Waals surface area contributed by atoms with E-state index < -0.39 is 31.6 Å². The van der Waals surface area contributed by atoms with E-state index in [1.807, 2.05) is 6.92 Å². The van der Waals surface area contributed by atoms with Crippen molar-refractivity contribution in [2.24, 2.45) is 5.92 Å². The fourth-order valence-corrected chi connectivity index (χ4v) is 9.02. The molecule has 0 radical (unpaired) electrons. The Morgan fingerprint density at radius 2 is 2.02 bits per heavy atom. The van der Waals surface area contributed by atoms with E-state index in [9.17, 15) is 14.7 Å². The van der Waals surface area contributed by atoms with Crippen LogP contribution in [0.4, 0.5) is 21.2 Å². The van der Waals surface area contributed by atoms with Crippen molar-refractivity contribution in [3.8, 4) is 0 Å². The number of rotatable bonds is 10. The molecule has 0 aliphatic carbocycles. The second-order valence-corrected chi connectivity index (χ2v) is 15.3. The Kier molecular flexibility index (Phi) is 8.06. The zero-order chi connectivity index (χ0) is 30.2. The maximum Gasteiger partial charge on any atom is 0.264 e. The molecule has 3 heterocycles. The van der Waals surface area contributed by atoms with Gasteiger partial charge in [-0.3, -0.25) is 14.3 Å². The van der Waals surface area contributed by atoms with E-state index in [2.05, 4.69) is 22.2 Å². The molecule has 1 saturated heterocycles. The molecule has 10 nitrogen and oxygen atoms in total. The number of aromatic nitrogens is 3. The number of ether oxygens (including phenoxy) is 1. The molecule has 42 heavy (non-hydrogen) atoms. The molecule has 1 spiro atoms. The SMILES string of the molecule is C=CCN1C(=O)[C@]2(O[C@H](CCn3cc(CCO)nn3)[C@@H]([Si](C)(C)F)[C@@H]2C)c2cc(NC(=O)c3ccc(N)cc3)ccc21. The predicted octanol–water partition coefficient (Wildman–Crippen LogP) is 4.05. The van der Waals surface area contributed by atoms with Gasteiger partial charge < -0.3 is 29.9 Å². The van der Waals surface area contributed by atoms with Gasteiger partial charge in [-0.05, 0) is 62.0 Å². The quantitative estimate of drug-likeness (QED) is 0.140. The van der Waals surface area contributed by atoms with Crippen LogP contribution in [0.3, 0.4) is 0 Å². The van der Waals surface area contributed by atoms with Crippen LogP contribution < -0.4 is 16.0 Å². The molecule has 2 amide bonds. The van der Waals surface area contributed by atoms with Crippen LogP contribution in [0.2, 0.25) is 18.6 Å². The summed E-state index contributed by atoms with van der Waals surface area (Å²) in [7, 11) is -3.34. The molecule has 0 unspecified atom stereocenters. The maximum atomic E-state index is 16.1. The minimum Gasteiger partial charge on any atom is -0.399 e. The fraction of sp³-hybridized carbons (Fsp3) is 0.400. The van der Waals surface area contributed by atoms with E-state index in [-0.39, 0.29) is 25.0 Å². The van der Waals surface area contributed by atoms with Gasteiger partial charge in [-0.2, -0.15) is 0 Å². The zero-order valence-corrected chi connectivity index (χ0v) is 25.1. The fourth-order valence-electron chi connectivity index (χ4n) is 6.48. The highest BCUT2D eigenvalue weighted by Gasteiger charge is 2.66. The largest absolute Gasteiger partial charge is 0.399 e. The van der Waals surface area contributed by atoms with Crippen LogP contribution in [0, 0.1) is 5.92 Å². The average molecular weight is 593 g/mol. The van der Waals surface area contributed by atoms with Crippen molar-refractivity contribution >= 4 is 37.3 Å². The average Bonchev–Trinajstić information content (AvgIpc) is 3.58. The number of aryl methyl sites for hydroxylation is 1. The highest BCUT2D eigenvalue weighted by Crippen LogP contribution is 2.60. The van der Waals surface area contributed by atoms with E-state index in [4.69, 9.17) is 10.5 Å². The number of hydrogen-bond acceptors (Lipinski definition) is 7. The lowest BCUT2D eigenvalue weighted by Gasteiger charge is -2.31. The Morgan fingerprint density at radius 3 is 2.69 bits per heavy atom. The highest BCUT2D eigenvalue weighted by molar-refractivity contribution is 6.72. The predicted molar refractivity (Wildman–Crippen MR) is 161 cm³/mol. The number of nitrogens with zero attached hydrogens (tertiary/aromatic N) is 4. The standard InChI is InChI=1S/C30H37FN6O4Si/c1-5-14-37-25-11-10-22(33-28(39)20-6-8-21(32)9-7-20)17-24(25)30(29(37)40)19(2)27(42(3,4)31)26(41-30)12-15-36-18-23(13-16-38)34-35-36/h5-11,17-19,26-27,38H,1,12-16,32H2,2-4H3,(H,33,39)/t19-,26+,27-,30+/m0/s1. The number of amides is 2. The number of hydrogen-bond donors (Lipinski definition) is 3. The van der Waals surface area contributed by atoms with E-state index in [0.717, 1.165) is 0 Å². The molecule has 2 aromatic carbocycles. The number of aliphatic hydroxyl groups is 1. The van der Waals surface area contributed by atoms with Gasteiger partial charge in [-0.25, -0.2) is 0 Å². The van der Waals surface area contributed by atoms with Gasteiger partial charge in [0.25, 0.3) is 11.8 Å². The summed E-state index contributed by atoms with van der Waals surface area (Å²) in [5.41, 5.74) is 7.27. The van der Waals surface area contributed by atoms with Crippen LogP contribution in [0.15, 0.2) is 61.3 Å². The van der Waals surface area contributed by atoms with Gasteiger partial charge in [-0.1, -0.05) is 18.2 Å². The molecule has 1 fully saturated rings. The third kappa shape index (κ3) is 5.25. The van der Waals surface area contributed by atoms with Crippen molar-refractivity contribution < 1.29 is 23.5 Å². The zero-order valence-electron chi connectivity index (χ0n) is 24.1. The van der Waals surface area contributed by atoms with Crippen LogP contribution in [0.25, 0.3) is 0 Å². The number of carbonyl (C=O) groups is 2. The molecule has 12 heteroatoms. The molecule has 4 N–H and O–H groups in total. The summed E-state index contributed by atoms with van der Waals surface area (Å²) in [5.74, 6) is -1.05. The van der Waals surface area contributed by atoms with E-state index in [0.29, 0.717) is 53.3 Å². The van der Waals surface area contributed by atoms with Crippen LogP contribution in [0.1, 0.15) is 35.0 Å². The third-order valence-corrected chi connectivity index (χ3v) is 10.8. The number of carbonyl (C=O) groups excluding carboxylic acids is 2. The van der Waals surface area contributed by atoms with E-state index in [1.54, 1.807) is 77.4 Å². The monoisotopic (exact) mass is 592 g/mol. The summed E-state index contributed by atoms with van der Waals surface area (Å²) in [6.45, 7) is 9.69. The van der Waals surface area contributed by atoms with Gasteiger partial charge >= 0.3 is 0 Å². The molecule has 0 bridgehead atoms. The summed E-state index contributed by atoms with van der Waals surface area (Å²) < 4.78 is 24.5. The Morgan fingerprint density at radius 1 is 1.29 bits per heavy atom. The van der Waals surface area contributed by atoms with Gasteiger partial charge in [0.1, 0.15) is 0 Å². The summed E-state index contributed by atoms with van der Waals surface area (Å²) in [4.78, 5) is 28.8. The van der Waals surface area contributed by atoms with Gasteiger partial charge in [0, 0.05) is 66.3 Å². The molecule has 0 saturated carbocycles. The van der Waals surface area contributed by atoms with E-state index >= 15 is 4.11 Å². The van der Waals surface area contributed by atoms with Gasteiger partial charge in [0.15, 0.2) is 5.60 Å². The molecule has 1 aromatic heterocycles. The van der Waals surface area contributed by atoms with Crippen molar-refractivity contribution in [1.29, 1.82) is 0 Å². The summed E-state index contributed by atoms with van der Waals surface area (Å²) in [5, 5.41) is 20.3. The van der Waals surface area contributed by atoms with Gasteiger partial charge in [-0.15, -0.1) is 11.7 Å². The van der Waals surface area contributed by atoms with Crippen LogP contribution in [-0.4, -0.2) is 59.6 Å². The summed E-state index contributed by atoms with van der Waals surface area (Å²) in [6.07, 6.45) is 3.68. The Bertz CT molecular complexity index is 1490. The van der Waals surface area contributed by atoms with Gasteiger partial charge in [0.2, 0.25) is 8.41 Å². The number of anilines is 3. The number of nitrogen functional groups attached to an aromatic ring is 1. The normalized spacial score (nSPS) is 23.4. The molecule has 2 aliphatic heterocycles. The van der Waals surface area contributed by atoms with Crippen molar-refractivity contribution in [1.82, 2.24) is 15.0 Å². The highest BCUT2D eigenvalue weighted by atomic mass is 28.4. The minimum atomic E-state index is -3.34.